The first-order valence-electron chi connectivity index (χ1n) is 6.04. The van der Waals surface area contributed by atoms with Crippen LogP contribution in [0.5, 0.6) is 0 Å². The Bertz CT molecular complexity index is 351. The Morgan fingerprint density at radius 3 is 2.88 bits per heavy atom. The van der Waals surface area contributed by atoms with E-state index in [-0.39, 0.29) is 24.2 Å². The van der Waals surface area contributed by atoms with E-state index in [0.717, 1.165) is 12.8 Å². The van der Waals surface area contributed by atoms with E-state index < -0.39 is 6.04 Å². The van der Waals surface area contributed by atoms with Crippen LogP contribution in [-0.2, 0) is 4.79 Å². The Hall–Kier alpha value is -1.59. The van der Waals surface area contributed by atoms with Crippen molar-refractivity contribution in [2.45, 2.75) is 32.2 Å². The van der Waals surface area contributed by atoms with E-state index in [0.29, 0.717) is 19.0 Å². The summed E-state index contributed by atoms with van der Waals surface area (Å²) in [7, 11) is 0. The topological polar surface area (TPSA) is 85.3 Å². The standard InChI is InChI=1S/C11H18N4O2/c1-2-13-9(16)5-8-10(12)14-11(17)15(8)6-7-3-4-7/h7-8H,2-6H2,1H3,(H,13,16)(H2,12,14,17). The summed E-state index contributed by atoms with van der Waals surface area (Å²) in [4.78, 5) is 24.8. The van der Waals surface area contributed by atoms with E-state index in [2.05, 4.69) is 10.6 Å². The Labute approximate surface area is 100 Å². The minimum Gasteiger partial charge on any atom is -0.356 e. The van der Waals surface area contributed by atoms with Gasteiger partial charge in [0.25, 0.3) is 0 Å². The predicted octanol–water partition coefficient (Wildman–Crippen LogP) is 0.294. The van der Waals surface area contributed by atoms with Gasteiger partial charge in [-0.3, -0.25) is 15.5 Å². The molecule has 1 aliphatic heterocycles. The highest BCUT2D eigenvalue weighted by atomic mass is 16.2. The number of urea groups is 1. The van der Waals surface area contributed by atoms with Gasteiger partial charge in [-0.05, 0) is 25.7 Å². The Balaban J connectivity index is 1.97. The number of nitrogens with one attached hydrogen (secondary N) is 3. The number of hydrogen-bond acceptors (Lipinski definition) is 3. The molecule has 0 radical (unpaired) electrons. The fourth-order valence-corrected chi connectivity index (χ4v) is 2.01. The first-order chi connectivity index (χ1) is 8.11. The third-order valence-corrected chi connectivity index (χ3v) is 3.12. The van der Waals surface area contributed by atoms with Crippen molar-refractivity contribution in [3.63, 3.8) is 0 Å². The fraction of sp³-hybridized carbons (Fsp3) is 0.727. The molecule has 0 aromatic carbocycles. The molecule has 1 saturated carbocycles. The van der Waals surface area contributed by atoms with Crippen LogP contribution in [0.4, 0.5) is 4.79 Å². The second kappa shape index (κ2) is 4.73. The molecule has 6 nitrogen and oxygen atoms in total. The number of hydrogen-bond donors (Lipinski definition) is 3. The molecule has 0 aromatic rings. The van der Waals surface area contributed by atoms with Crippen LogP contribution in [-0.4, -0.2) is 41.8 Å². The molecule has 1 atom stereocenters. The number of carbonyl (C=O) groups is 2. The van der Waals surface area contributed by atoms with Crippen molar-refractivity contribution in [2.24, 2.45) is 5.92 Å². The Morgan fingerprint density at radius 2 is 2.29 bits per heavy atom. The number of carbonyl (C=O) groups excluding carboxylic acids is 2. The first kappa shape index (κ1) is 11.9. The van der Waals surface area contributed by atoms with Crippen LogP contribution in [0.1, 0.15) is 26.2 Å². The quantitative estimate of drug-likeness (QED) is 0.643. The van der Waals surface area contributed by atoms with Gasteiger partial charge < -0.3 is 10.2 Å². The van der Waals surface area contributed by atoms with Crippen molar-refractivity contribution in [1.29, 1.82) is 5.41 Å². The molecule has 3 amide bonds. The van der Waals surface area contributed by atoms with Crippen molar-refractivity contribution in [3.05, 3.63) is 0 Å². The SMILES string of the molecule is CCNC(=O)CC1C(=N)NC(=O)N1CC1CC1. The molecule has 2 rings (SSSR count). The zero-order chi connectivity index (χ0) is 12.4. The van der Waals surface area contributed by atoms with Crippen LogP contribution >= 0.6 is 0 Å². The second-order valence-electron chi connectivity index (χ2n) is 4.61. The minimum absolute atomic E-state index is 0.112. The lowest BCUT2D eigenvalue weighted by molar-refractivity contribution is -0.121. The van der Waals surface area contributed by atoms with E-state index >= 15 is 0 Å². The second-order valence-corrected chi connectivity index (χ2v) is 4.61. The lowest BCUT2D eigenvalue weighted by Crippen LogP contribution is -2.40. The van der Waals surface area contributed by atoms with Gasteiger partial charge >= 0.3 is 6.03 Å². The van der Waals surface area contributed by atoms with Gasteiger partial charge in [-0.15, -0.1) is 0 Å². The summed E-state index contributed by atoms with van der Waals surface area (Å²) >= 11 is 0. The van der Waals surface area contributed by atoms with Crippen molar-refractivity contribution >= 4 is 17.8 Å². The zero-order valence-corrected chi connectivity index (χ0v) is 9.95. The Kier molecular flexibility index (Phi) is 3.31. The average molecular weight is 238 g/mol. The van der Waals surface area contributed by atoms with Gasteiger partial charge in [0.15, 0.2) is 0 Å². The van der Waals surface area contributed by atoms with E-state index in [9.17, 15) is 9.59 Å². The maximum Gasteiger partial charge on any atom is 0.323 e. The summed E-state index contributed by atoms with van der Waals surface area (Å²) < 4.78 is 0. The lowest BCUT2D eigenvalue weighted by atomic mass is 10.1. The van der Waals surface area contributed by atoms with Gasteiger partial charge in [0.2, 0.25) is 5.91 Å². The molecule has 2 fully saturated rings. The van der Waals surface area contributed by atoms with Crippen LogP contribution in [0, 0.1) is 11.3 Å². The van der Waals surface area contributed by atoms with Crippen LogP contribution in [0.3, 0.4) is 0 Å². The highest BCUT2D eigenvalue weighted by Crippen LogP contribution is 2.31. The summed E-state index contributed by atoms with van der Waals surface area (Å²) in [5.74, 6) is 0.588. The van der Waals surface area contributed by atoms with Crippen LogP contribution < -0.4 is 10.6 Å². The zero-order valence-electron chi connectivity index (χ0n) is 9.95. The number of nitrogens with zero attached hydrogens (tertiary/aromatic N) is 1. The predicted molar refractivity (Wildman–Crippen MR) is 62.8 cm³/mol. The molecule has 3 N–H and O–H groups in total. The number of amides is 3. The van der Waals surface area contributed by atoms with Gasteiger partial charge in [0.1, 0.15) is 5.84 Å². The van der Waals surface area contributed by atoms with Gasteiger partial charge in [-0.1, -0.05) is 0 Å². The molecule has 0 aromatic heterocycles. The average Bonchev–Trinajstić information content (AvgIpc) is 3.02. The number of amidine groups is 1. The highest BCUT2D eigenvalue weighted by Gasteiger charge is 2.39. The molecular formula is C11H18N4O2. The third kappa shape index (κ3) is 2.75. The lowest BCUT2D eigenvalue weighted by Gasteiger charge is -2.21. The van der Waals surface area contributed by atoms with E-state index in [1.54, 1.807) is 4.90 Å². The number of rotatable bonds is 5. The summed E-state index contributed by atoms with van der Waals surface area (Å²) in [5.41, 5.74) is 0. The Morgan fingerprint density at radius 1 is 1.59 bits per heavy atom. The molecule has 2 aliphatic rings. The molecule has 94 valence electrons. The summed E-state index contributed by atoms with van der Waals surface area (Å²) in [6, 6.07) is -0.647. The fourth-order valence-electron chi connectivity index (χ4n) is 2.01. The summed E-state index contributed by atoms with van der Waals surface area (Å²) in [6.45, 7) is 3.09. The molecule has 1 saturated heterocycles. The minimum atomic E-state index is -0.408. The largest absolute Gasteiger partial charge is 0.356 e. The highest BCUT2D eigenvalue weighted by molar-refractivity contribution is 6.07. The molecular weight excluding hydrogens is 220 g/mol. The van der Waals surface area contributed by atoms with Crippen molar-refractivity contribution < 1.29 is 9.59 Å². The van der Waals surface area contributed by atoms with E-state index in [1.165, 1.54) is 0 Å². The van der Waals surface area contributed by atoms with Crippen molar-refractivity contribution in [1.82, 2.24) is 15.5 Å². The van der Waals surface area contributed by atoms with Crippen molar-refractivity contribution in [2.75, 3.05) is 13.1 Å². The van der Waals surface area contributed by atoms with Gasteiger partial charge in [0.05, 0.1) is 12.5 Å². The monoisotopic (exact) mass is 238 g/mol. The van der Waals surface area contributed by atoms with Crippen LogP contribution in [0.2, 0.25) is 0 Å². The molecule has 0 spiro atoms. The van der Waals surface area contributed by atoms with Gasteiger partial charge in [-0.2, -0.15) is 0 Å². The maximum atomic E-state index is 11.6. The molecule has 1 unspecified atom stereocenters. The molecule has 1 heterocycles. The van der Waals surface area contributed by atoms with Gasteiger partial charge in [0, 0.05) is 13.1 Å². The van der Waals surface area contributed by atoms with E-state index in [4.69, 9.17) is 5.41 Å². The van der Waals surface area contributed by atoms with Crippen molar-refractivity contribution in [3.8, 4) is 0 Å². The van der Waals surface area contributed by atoms with Crippen LogP contribution in [0.15, 0.2) is 0 Å². The van der Waals surface area contributed by atoms with Crippen LogP contribution in [0.25, 0.3) is 0 Å². The summed E-state index contributed by atoms with van der Waals surface area (Å²) in [6.07, 6.45) is 2.47. The first-order valence-corrected chi connectivity index (χ1v) is 6.04. The smallest absolute Gasteiger partial charge is 0.323 e. The normalized spacial score (nSPS) is 23.8. The third-order valence-electron chi connectivity index (χ3n) is 3.12. The maximum absolute atomic E-state index is 11.6. The van der Waals surface area contributed by atoms with E-state index in [1.807, 2.05) is 6.92 Å². The molecule has 6 heteroatoms. The van der Waals surface area contributed by atoms with Gasteiger partial charge in [-0.25, -0.2) is 4.79 Å². The molecule has 1 aliphatic carbocycles. The molecule has 0 bridgehead atoms. The summed E-state index contributed by atoms with van der Waals surface area (Å²) in [5, 5.41) is 12.9. The molecule has 17 heavy (non-hydrogen) atoms.